The van der Waals surface area contributed by atoms with Gasteiger partial charge in [-0.1, -0.05) is 12.1 Å². The number of benzene rings is 1. The molecular weight excluding hydrogens is 413 g/mol. The monoisotopic (exact) mass is 437 g/mol. The number of aromatic hydroxyl groups is 1. The lowest BCUT2D eigenvalue weighted by Crippen LogP contribution is -2.29. The highest BCUT2D eigenvalue weighted by Gasteiger charge is 2.31. The van der Waals surface area contributed by atoms with Crippen molar-refractivity contribution in [3.8, 4) is 5.75 Å². The Kier molecular flexibility index (Phi) is 6.00. The van der Waals surface area contributed by atoms with Gasteiger partial charge in [-0.25, -0.2) is 9.37 Å². The van der Waals surface area contributed by atoms with Crippen LogP contribution in [-0.4, -0.2) is 63.9 Å². The second-order valence-corrected chi connectivity index (χ2v) is 7.92. The van der Waals surface area contributed by atoms with Crippen LogP contribution < -0.4 is 5.32 Å². The summed E-state index contributed by atoms with van der Waals surface area (Å²) in [6.45, 7) is 1.37. The van der Waals surface area contributed by atoms with E-state index in [-0.39, 0.29) is 47.7 Å². The van der Waals surface area contributed by atoms with E-state index in [9.17, 15) is 19.1 Å². The number of amides is 2. The van der Waals surface area contributed by atoms with Gasteiger partial charge in [0.05, 0.1) is 11.7 Å². The molecule has 1 saturated heterocycles. The molecule has 1 aromatic carbocycles. The van der Waals surface area contributed by atoms with Crippen molar-refractivity contribution in [2.24, 2.45) is 0 Å². The van der Waals surface area contributed by atoms with Crippen LogP contribution in [-0.2, 0) is 11.3 Å². The van der Waals surface area contributed by atoms with Crippen molar-refractivity contribution in [2.45, 2.75) is 19.0 Å². The topological polar surface area (TPSA) is 98.7 Å². The van der Waals surface area contributed by atoms with E-state index in [2.05, 4.69) is 15.3 Å². The molecule has 0 saturated carbocycles. The Morgan fingerprint density at radius 1 is 1.22 bits per heavy atom. The summed E-state index contributed by atoms with van der Waals surface area (Å²) in [5.74, 6) is -1.29. The lowest BCUT2D eigenvalue weighted by atomic mass is 10.0. The first kappa shape index (κ1) is 21.6. The molecule has 3 aromatic rings. The number of hydrogen-bond acceptors (Lipinski definition) is 6. The van der Waals surface area contributed by atoms with Gasteiger partial charge in [0.25, 0.3) is 5.91 Å². The number of hydrogen-bond donors (Lipinski definition) is 2. The van der Waals surface area contributed by atoms with E-state index in [0.717, 1.165) is 0 Å². The van der Waals surface area contributed by atoms with Crippen LogP contribution in [0.1, 0.15) is 34.2 Å². The molecule has 0 spiro atoms. The molecular formula is C23H24FN5O3. The Morgan fingerprint density at radius 3 is 2.72 bits per heavy atom. The third kappa shape index (κ3) is 4.24. The summed E-state index contributed by atoms with van der Waals surface area (Å²) in [5.41, 5.74) is 1.31. The molecule has 1 aliphatic heterocycles. The first-order valence-corrected chi connectivity index (χ1v) is 10.3. The van der Waals surface area contributed by atoms with Gasteiger partial charge in [0.15, 0.2) is 11.4 Å². The molecule has 2 N–H and O–H groups in total. The lowest BCUT2D eigenvalue weighted by molar-refractivity contribution is -0.129. The SMILES string of the molecule is CN1CCN(C)C(c2nc(C(=O)NCc3ccc(F)cc3)c(O)c3ncccc23)CC1=O. The zero-order chi connectivity index (χ0) is 22.8. The van der Waals surface area contributed by atoms with Crippen molar-refractivity contribution in [1.29, 1.82) is 0 Å². The van der Waals surface area contributed by atoms with Gasteiger partial charge in [-0.15, -0.1) is 0 Å². The number of carbonyl (C=O) groups is 2. The van der Waals surface area contributed by atoms with Crippen molar-refractivity contribution in [3.63, 3.8) is 0 Å². The molecule has 0 bridgehead atoms. The van der Waals surface area contributed by atoms with E-state index < -0.39 is 5.91 Å². The van der Waals surface area contributed by atoms with Gasteiger partial charge in [-0.05, 0) is 36.9 Å². The maximum atomic E-state index is 13.1. The number of pyridine rings is 2. The van der Waals surface area contributed by atoms with E-state index in [1.165, 1.54) is 18.3 Å². The zero-order valence-electron chi connectivity index (χ0n) is 17.9. The van der Waals surface area contributed by atoms with Crippen LogP contribution in [0.4, 0.5) is 4.39 Å². The second-order valence-electron chi connectivity index (χ2n) is 7.92. The predicted molar refractivity (Wildman–Crippen MR) is 116 cm³/mol. The standard InChI is InChI=1S/C23H24FN5O3/c1-28-10-11-29(2)18(30)12-17(28)19-16-4-3-9-25-20(16)22(31)21(27-19)23(32)26-13-14-5-7-15(24)8-6-14/h3-9,17,31H,10-13H2,1-2H3,(H,26,32). The van der Waals surface area contributed by atoms with Crippen LogP contribution in [0.25, 0.3) is 10.9 Å². The van der Waals surface area contributed by atoms with E-state index in [1.807, 2.05) is 11.9 Å². The maximum Gasteiger partial charge on any atom is 0.274 e. The summed E-state index contributed by atoms with van der Waals surface area (Å²) in [5, 5.41) is 14.1. The molecule has 1 unspecified atom stereocenters. The van der Waals surface area contributed by atoms with Gasteiger partial charge >= 0.3 is 0 Å². The minimum absolute atomic E-state index is 0.0198. The average Bonchev–Trinajstić information content (AvgIpc) is 2.92. The molecule has 9 heteroatoms. The minimum Gasteiger partial charge on any atom is -0.504 e. The molecule has 1 atom stereocenters. The molecule has 2 amide bonds. The first-order chi connectivity index (χ1) is 15.3. The van der Waals surface area contributed by atoms with Crippen molar-refractivity contribution < 1.29 is 19.1 Å². The van der Waals surface area contributed by atoms with Crippen molar-refractivity contribution in [3.05, 3.63) is 65.4 Å². The Morgan fingerprint density at radius 2 is 1.97 bits per heavy atom. The molecule has 32 heavy (non-hydrogen) atoms. The smallest absolute Gasteiger partial charge is 0.274 e. The summed E-state index contributed by atoms with van der Waals surface area (Å²) < 4.78 is 13.1. The minimum atomic E-state index is -0.583. The number of carbonyl (C=O) groups excluding carboxylic acids is 2. The van der Waals surface area contributed by atoms with E-state index in [4.69, 9.17) is 0 Å². The quantitative estimate of drug-likeness (QED) is 0.650. The Hall–Kier alpha value is -3.59. The number of nitrogens with one attached hydrogen (secondary N) is 1. The maximum absolute atomic E-state index is 13.1. The molecule has 4 rings (SSSR count). The van der Waals surface area contributed by atoms with Gasteiger partial charge in [-0.3, -0.25) is 19.5 Å². The highest BCUT2D eigenvalue weighted by molar-refractivity contribution is 6.01. The summed E-state index contributed by atoms with van der Waals surface area (Å²) in [6, 6.07) is 8.89. The average molecular weight is 437 g/mol. The summed E-state index contributed by atoms with van der Waals surface area (Å²) in [6.07, 6.45) is 1.73. The van der Waals surface area contributed by atoms with Gasteiger partial charge < -0.3 is 15.3 Å². The van der Waals surface area contributed by atoms with Gasteiger partial charge in [0.1, 0.15) is 11.3 Å². The van der Waals surface area contributed by atoms with Crippen LogP contribution in [0.2, 0.25) is 0 Å². The fraction of sp³-hybridized carbons (Fsp3) is 0.304. The van der Waals surface area contributed by atoms with E-state index in [0.29, 0.717) is 29.7 Å². The third-order valence-corrected chi connectivity index (χ3v) is 5.78. The highest BCUT2D eigenvalue weighted by Crippen LogP contribution is 2.34. The molecule has 8 nitrogen and oxygen atoms in total. The van der Waals surface area contributed by atoms with Gasteiger partial charge in [-0.2, -0.15) is 0 Å². The van der Waals surface area contributed by atoms with Crippen LogP contribution in [0.3, 0.4) is 0 Å². The van der Waals surface area contributed by atoms with E-state index in [1.54, 1.807) is 36.2 Å². The highest BCUT2D eigenvalue weighted by atomic mass is 19.1. The molecule has 0 aliphatic carbocycles. The Bertz CT molecular complexity index is 1170. The molecule has 1 fully saturated rings. The lowest BCUT2D eigenvalue weighted by Gasteiger charge is -2.25. The van der Waals surface area contributed by atoms with Crippen molar-refractivity contribution in [1.82, 2.24) is 25.1 Å². The van der Waals surface area contributed by atoms with Gasteiger partial charge in [0, 0.05) is 44.7 Å². The van der Waals surface area contributed by atoms with Crippen molar-refractivity contribution in [2.75, 3.05) is 27.2 Å². The zero-order valence-corrected chi connectivity index (χ0v) is 17.9. The normalized spacial score (nSPS) is 17.4. The molecule has 166 valence electrons. The van der Waals surface area contributed by atoms with Crippen LogP contribution in [0.5, 0.6) is 5.75 Å². The molecule has 0 radical (unpaired) electrons. The first-order valence-electron chi connectivity index (χ1n) is 10.3. The number of nitrogens with zero attached hydrogens (tertiary/aromatic N) is 4. The number of rotatable bonds is 4. The fourth-order valence-corrected chi connectivity index (χ4v) is 3.80. The summed E-state index contributed by atoms with van der Waals surface area (Å²) >= 11 is 0. The van der Waals surface area contributed by atoms with E-state index >= 15 is 0 Å². The Labute approximate surface area is 184 Å². The fourth-order valence-electron chi connectivity index (χ4n) is 3.80. The predicted octanol–water partition coefficient (Wildman–Crippen LogP) is 2.24. The van der Waals surface area contributed by atoms with Crippen molar-refractivity contribution >= 4 is 22.7 Å². The number of halogens is 1. The summed E-state index contributed by atoms with van der Waals surface area (Å²) in [7, 11) is 3.67. The van der Waals surface area contributed by atoms with Crippen LogP contribution >= 0.6 is 0 Å². The molecule has 1 aliphatic rings. The number of fused-ring (bicyclic) bond motifs is 1. The Balaban J connectivity index is 1.72. The number of aromatic nitrogens is 2. The number of likely N-dealkylation sites (N-methyl/N-ethyl adjacent to an activating group) is 2. The largest absolute Gasteiger partial charge is 0.504 e. The second kappa shape index (κ2) is 8.88. The van der Waals surface area contributed by atoms with Crippen LogP contribution in [0, 0.1) is 5.82 Å². The summed E-state index contributed by atoms with van der Waals surface area (Å²) in [4.78, 5) is 38.0. The molecule has 2 aromatic heterocycles. The van der Waals surface area contributed by atoms with Gasteiger partial charge in [0.2, 0.25) is 5.91 Å². The molecule has 3 heterocycles. The van der Waals surface area contributed by atoms with Crippen LogP contribution in [0.15, 0.2) is 42.6 Å². The third-order valence-electron chi connectivity index (χ3n) is 5.78.